The van der Waals surface area contributed by atoms with Crippen LogP contribution in [0.25, 0.3) is 39.1 Å². The summed E-state index contributed by atoms with van der Waals surface area (Å²) >= 11 is 0. The van der Waals surface area contributed by atoms with Gasteiger partial charge in [0.15, 0.2) is 0 Å². The second-order valence-electron chi connectivity index (χ2n) is 14.0. The van der Waals surface area contributed by atoms with E-state index in [9.17, 15) is 0 Å². The van der Waals surface area contributed by atoms with Crippen molar-refractivity contribution in [3.8, 4) is 28.1 Å². The van der Waals surface area contributed by atoms with E-state index in [4.69, 9.17) is 9.51 Å². The van der Waals surface area contributed by atoms with Crippen molar-refractivity contribution in [1.29, 1.82) is 0 Å². The first-order chi connectivity index (χ1) is 23.3. The van der Waals surface area contributed by atoms with E-state index in [-0.39, 0.29) is 14.2 Å². The fourth-order valence-electron chi connectivity index (χ4n) is 7.07. The predicted molar refractivity (Wildman–Crippen MR) is 206 cm³/mol. The zero-order valence-electron chi connectivity index (χ0n) is 28.7. The highest BCUT2D eigenvalue weighted by Gasteiger charge is 2.24. The van der Waals surface area contributed by atoms with E-state index in [1.807, 2.05) is 12.3 Å². The maximum Gasteiger partial charge on any atom is 0.130 e. The lowest BCUT2D eigenvalue weighted by Gasteiger charge is -2.26. The minimum atomic E-state index is 0.0748. The van der Waals surface area contributed by atoms with Crippen LogP contribution in [0, 0.1) is 6.92 Å². The number of aryl methyl sites for hydroxylation is 1. The van der Waals surface area contributed by atoms with Gasteiger partial charge in [0.25, 0.3) is 0 Å². The van der Waals surface area contributed by atoms with Crippen LogP contribution in [0.15, 0.2) is 127 Å². The van der Waals surface area contributed by atoms with Crippen molar-refractivity contribution < 1.29 is 4.52 Å². The first kappa shape index (κ1) is 32.0. The van der Waals surface area contributed by atoms with E-state index >= 15 is 0 Å². The Morgan fingerprint density at radius 1 is 0.708 bits per heavy atom. The molecule has 1 aliphatic carbocycles. The van der Waals surface area contributed by atoms with E-state index < -0.39 is 0 Å². The Labute approximate surface area is 288 Å². The van der Waals surface area contributed by atoms with E-state index in [0.29, 0.717) is 0 Å². The van der Waals surface area contributed by atoms with Crippen LogP contribution in [0.3, 0.4) is 0 Å². The number of nitrogens with zero attached hydrogens (tertiary/aromatic N) is 1. The number of pyridine rings is 1. The van der Waals surface area contributed by atoms with Gasteiger partial charge >= 0.3 is 0 Å². The minimum absolute atomic E-state index is 0.0748. The van der Waals surface area contributed by atoms with Gasteiger partial charge < -0.3 is 4.52 Å². The molecule has 2 aliphatic rings. The molecule has 48 heavy (non-hydrogen) atoms. The number of hydrogen-bond acceptors (Lipinski definition) is 2. The lowest BCUT2D eigenvalue weighted by Crippen LogP contribution is -2.11. The molecule has 1 aromatic heterocycles. The Bertz CT molecular complexity index is 2080. The molecular weight excluding hydrogens is 601 g/mol. The molecule has 2 bridgehead atoms. The molecular formula is C45H44NOP. The Morgan fingerprint density at radius 2 is 1.44 bits per heavy atom. The van der Waals surface area contributed by atoms with Crippen LogP contribution in [0.5, 0.6) is 5.75 Å². The minimum Gasteiger partial charge on any atom is -0.472 e. The molecule has 3 heteroatoms. The van der Waals surface area contributed by atoms with Gasteiger partial charge in [-0.2, -0.15) is 0 Å². The van der Waals surface area contributed by atoms with Crippen molar-refractivity contribution in [2.45, 2.75) is 65.7 Å². The third-order valence-electron chi connectivity index (χ3n) is 9.70. The summed E-state index contributed by atoms with van der Waals surface area (Å²) < 4.78 is 6.63. The van der Waals surface area contributed by atoms with E-state index in [1.54, 1.807) is 0 Å². The number of allylic oxidation sites excluding steroid dienone is 6. The van der Waals surface area contributed by atoms with Crippen molar-refractivity contribution in [2.24, 2.45) is 0 Å². The first-order valence-electron chi connectivity index (χ1n) is 17.2. The lowest BCUT2D eigenvalue weighted by molar-refractivity contribution is 0.590. The summed E-state index contributed by atoms with van der Waals surface area (Å²) in [6.07, 6.45) is 10.8. The second kappa shape index (κ2) is 13.5. The smallest absolute Gasteiger partial charge is 0.130 e. The lowest BCUT2D eigenvalue weighted by atomic mass is 9.81. The van der Waals surface area contributed by atoms with Gasteiger partial charge in [-0.1, -0.05) is 125 Å². The molecule has 1 aliphatic heterocycles. The molecule has 2 heterocycles. The van der Waals surface area contributed by atoms with E-state index in [2.05, 4.69) is 144 Å². The molecule has 240 valence electrons. The van der Waals surface area contributed by atoms with Crippen molar-refractivity contribution in [2.75, 3.05) is 0 Å². The number of rotatable bonds is 6. The molecule has 0 fully saturated rings. The number of hydrogen-bond donors (Lipinski definition) is 0. The summed E-state index contributed by atoms with van der Waals surface area (Å²) in [7, 11) is 0.245. The third kappa shape index (κ3) is 6.35. The highest BCUT2D eigenvalue weighted by atomic mass is 31.1. The molecule has 2 nitrogen and oxygen atoms in total. The fraction of sp³-hybridized carbons (Fsp3) is 0.222. The quantitative estimate of drug-likeness (QED) is 0.171. The highest BCUT2D eigenvalue weighted by molar-refractivity contribution is 7.38. The van der Waals surface area contributed by atoms with Crippen molar-refractivity contribution in [3.63, 3.8) is 0 Å². The standard InChI is InChI=1S/C45H44NOP/c1-6-14-31-22-24-34(45(3,4)5)29-40(31)35-18-13-19-36(30(35)2)41-28-33(37-15-7-8-17-39(37)42-20-11-12-26-46-42)27-32-23-25-44(41)48-47-43-21-10-9-16-38(32)43/h7-13,15-22,24,26-29,48H,6,14,23,25H2,1-5H3/b32-27+,33-28+,44-41+. The molecule has 1 atom stereocenters. The number of aromatic nitrogens is 1. The normalized spacial score (nSPS) is 18.8. The summed E-state index contributed by atoms with van der Waals surface area (Å²) in [5.74, 6) is 0.964. The van der Waals surface area contributed by atoms with Crippen LogP contribution < -0.4 is 4.52 Å². The number of fused-ring (bicyclic) bond motifs is 5. The van der Waals surface area contributed by atoms with E-state index in [0.717, 1.165) is 42.7 Å². The van der Waals surface area contributed by atoms with Gasteiger partial charge in [0, 0.05) is 17.3 Å². The van der Waals surface area contributed by atoms with Gasteiger partial charge in [-0.15, -0.1) is 0 Å². The number of para-hydroxylation sites is 1. The molecule has 0 N–H and O–H groups in total. The van der Waals surface area contributed by atoms with Crippen LogP contribution in [0.2, 0.25) is 0 Å². The summed E-state index contributed by atoms with van der Waals surface area (Å²) in [5, 5.41) is 1.36. The van der Waals surface area contributed by atoms with Gasteiger partial charge in [-0.25, -0.2) is 0 Å². The zero-order chi connectivity index (χ0) is 33.3. The van der Waals surface area contributed by atoms with Crippen LogP contribution in [-0.4, -0.2) is 4.98 Å². The number of benzene rings is 4. The zero-order valence-corrected chi connectivity index (χ0v) is 29.7. The molecule has 0 saturated carbocycles. The topological polar surface area (TPSA) is 22.1 Å². The van der Waals surface area contributed by atoms with Crippen molar-refractivity contribution in [1.82, 2.24) is 4.98 Å². The van der Waals surface area contributed by atoms with Crippen molar-refractivity contribution in [3.05, 3.63) is 160 Å². The molecule has 0 spiro atoms. The average molecular weight is 646 g/mol. The summed E-state index contributed by atoms with van der Waals surface area (Å²) in [4.78, 5) is 4.77. The van der Waals surface area contributed by atoms with Gasteiger partial charge in [0.2, 0.25) is 0 Å². The van der Waals surface area contributed by atoms with Gasteiger partial charge in [-0.3, -0.25) is 4.98 Å². The fourth-order valence-corrected chi connectivity index (χ4v) is 8.03. The van der Waals surface area contributed by atoms with Crippen LogP contribution in [0.4, 0.5) is 0 Å². The van der Waals surface area contributed by atoms with E-state index in [1.165, 1.54) is 66.5 Å². The molecule has 0 amide bonds. The monoisotopic (exact) mass is 645 g/mol. The largest absolute Gasteiger partial charge is 0.472 e. The summed E-state index contributed by atoms with van der Waals surface area (Å²) in [6.45, 7) is 11.5. The van der Waals surface area contributed by atoms with Crippen LogP contribution in [-0.2, 0) is 11.8 Å². The Kier molecular flexibility index (Phi) is 9.04. The molecule has 0 saturated heterocycles. The van der Waals surface area contributed by atoms with Gasteiger partial charge in [0.05, 0.1) is 5.69 Å². The molecule has 0 radical (unpaired) electrons. The second-order valence-corrected chi connectivity index (χ2v) is 15.0. The molecule has 5 aromatic rings. The van der Waals surface area contributed by atoms with Crippen LogP contribution in [0.1, 0.15) is 80.3 Å². The SMILES string of the molecule is CCCc1ccc(C(C)(C)C)cc1-c1cccc(C2=C3\CC\C(=C/C(c4ccccc4-c4ccccn4)=C\2)c2ccccc2OP3)c1C. The third-order valence-corrected chi connectivity index (χ3v) is 10.8. The van der Waals surface area contributed by atoms with Gasteiger partial charge in [0.1, 0.15) is 14.6 Å². The molecule has 7 rings (SSSR count). The summed E-state index contributed by atoms with van der Waals surface area (Å²) in [6, 6.07) is 37.4. The Balaban J connectivity index is 1.47. The summed E-state index contributed by atoms with van der Waals surface area (Å²) in [5.41, 5.74) is 16.4. The van der Waals surface area contributed by atoms with Crippen molar-refractivity contribution >= 4 is 25.5 Å². The Hall–Kier alpha value is -4.52. The maximum absolute atomic E-state index is 6.63. The highest BCUT2D eigenvalue weighted by Crippen LogP contribution is 2.49. The Morgan fingerprint density at radius 3 is 2.21 bits per heavy atom. The van der Waals surface area contributed by atoms with Crippen LogP contribution >= 0.6 is 8.81 Å². The maximum atomic E-state index is 6.63. The molecule has 4 aromatic carbocycles. The molecule has 1 unspecified atom stereocenters. The van der Waals surface area contributed by atoms with Gasteiger partial charge in [-0.05, 0) is 117 Å². The predicted octanol–water partition coefficient (Wildman–Crippen LogP) is 12.6. The average Bonchev–Trinajstić information content (AvgIpc) is 3.08. The first-order valence-corrected chi connectivity index (χ1v) is 18.1.